The van der Waals surface area contributed by atoms with Crippen molar-refractivity contribution in [2.45, 2.75) is 13.3 Å². The molecule has 0 aliphatic rings. The second-order valence-corrected chi connectivity index (χ2v) is 2.92. The number of nitriles is 2. The Morgan fingerprint density at radius 1 is 1.36 bits per heavy atom. The summed E-state index contributed by atoms with van der Waals surface area (Å²) in [6.07, 6.45) is 0.263. The maximum absolute atomic E-state index is 8.87. The highest BCUT2D eigenvalue weighted by molar-refractivity contribution is 5.48. The Morgan fingerprint density at radius 2 is 2.07 bits per heavy atom. The summed E-state index contributed by atoms with van der Waals surface area (Å²) in [5.41, 5.74) is 2.22. The molecule has 0 amide bonds. The summed E-state index contributed by atoms with van der Waals surface area (Å²) in [7, 11) is 1.56. The van der Waals surface area contributed by atoms with Crippen LogP contribution in [-0.2, 0) is 6.42 Å². The van der Waals surface area contributed by atoms with Crippen molar-refractivity contribution in [3.63, 3.8) is 0 Å². The van der Waals surface area contributed by atoms with E-state index in [2.05, 4.69) is 6.07 Å². The first-order valence-corrected chi connectivity index (χ1v) is 4.17. The zero-order valence-electron chi connectivity index (χ0n) is 8.16. The van der Waals surface area contributed by atoms with Gasteiger partial charge in [-0.1, -0.05) is 0 Å². The largest absolute Gasteiger partial charge is 0.497 e. The van der Waals surface area contributed by atoms with Gasteiger partial charge in [0.15, 0.2) is 0 Å². The molecule has 0 aliphatic carbocycles. The molecule has 1 aromatic carbocycles. The van der Waals surface area contributed by atoms with Crippen molar-refractivity contribution >= 4 is 0 Å². The number of ether oxygens (including phenoxy) is 1. The van der Waals surface area contributed by atoms with Crippen LogP contribution in [0.4, 0.5) is 0 Å². The van der Waals surface area contributed by atoms with Crippen LogP contribution >= 0.6 is 0 Å². The first-order chi connectivity index (χ1) is 6.72. The van der Waals surface area contributed by atoms with Gasteiger partial charge in [-0.3, -0.25) is 0 Å². The molecular weight excluding hydrogens is 176 g/mol. The van der Waals surface area contributed by atoms with Crippen molar-refractivity contribution in [2.75, 3.05) is 7.11 Å². The molecule has 0 aromatic heterocycles. The number of rotatable bonds is 2. The summed E-state index contributed by atoms with van der Waals surface area (Å²) in [4.78, 5) is 0. The van der Waals surface area contributed by atoms with Crippen LogP contribution in [0.3, 0.4) is 0 Å². The molecule has 1 aromatic rings. The lowest BCUT2D eigenvalue weighted by Crippen LogP contribution is -1.95. The van der Waals surface area contributed by atoms with Crippen LogP contribution in [0.1, 0.15) is 16.7 Å². The summed E-state index contributed by atoms with van der Waals surface area (Å²) in [5.74, 6) is 0.653. The minimum Gasteiger partial charge on any atom is -0.497 e. The van der Waals surface area contributed by atoms with Crippen LogP contribution in [0.5, 0.6) is 5.75 Å². The van der Waals surface area contributed by atoms with Gasteiger partial charge in [-0.2, -0.15) is 10.5 Å². The minimum absolute atomic E-state index is 0.263. The fourth-order valence-electron chi connectivity index (χ4n) is 1.32. The first kappa shape index (κ1) is 10.1. The van der Waals surface area contributed by atoms with Gasteiger partial charge < -0.3 is 4.74 Å². The lowest BCUT2D eigenvalue weighted by atomic mass is 10.00. The fraction of sp³-hybridized carbons (Fsp3) is 0.273. The summed E-state index contributed by atoms with van der Waals surface area (Å²) >= 11 is 0. The Labute approximate surface area is 83.2 Å². The molecule has 0 radical (unpaired) electrons. The van der Waals surface area contributed by atoms with Crippen molar-refractivity contribution in [3.8, 4) is 17.9 Å². The SMILES string of the molecule is COc1cc(C)c(CC#N)c(C#N)c1. The molecule has 0 unspecified atom stereocenters. The molecule has 14 heavy (non-hydrogen) atoms. The third-order valence-electron chi connectivity index (χ3n) is 2.06. The van der Waals surface area contributed by atoms with Gasteiger partial charge in [-0.15, -0.1) is 0 Å². The summed E-state index contributed by atoms with van der Waals surface area (Å²) < 4.78 is 5.04. The van der Waals surface area contributed by atoms with E-state index in [1.807, 2.05) is 19.1 Å². The van der Waals surface area contributed by atoms with E-state index in [9.17, 15) is 0 Å². The molecule has 1 rings (SSSR count). The van der Waals surface area contributed by atoms with Crippen LogP contribution in [0.25, 0.3) is 0 Å². The van der Waals surface area contributed by atoms with E-state index in [0.29, 0.717) is 11.3 Å². The van der Waals surface area contributed by atoms with E-state index >= 15 is 0 Å². The molecule has 0 N–H and O–H groups in total. The number of methoxy groups -OCH3 is 1. The molecule has 0 aliphatic heterocycles. The highest BCUT2D eigenvalue weighted by Crippen LogP contribution is 2.21. The van der Waals surface area contributed by atoms with E-state index in [-0.39, 0.29) is 6.42 Å². The van der Waals surface area contributed by atoms with Crippen molar-refractivity contribution in [1.29, 1.82) is 10.5 Å². The molecule has 3 nitrogen and oxygen atoms in total. The lowest BCUT2D eigenvalue weighted by molar-refractivity contribution is 0.414. The number of hydrogen-bond donors (Lipinski definition) is 0. The number of aryl methyl sites for hydroxylation is 1. The summed E-state index contributed by atoms with van der Waals surface area (Å²) in [6.45, 7) is 1.87. The third kappa shape index (κ3) is 1.84. The fourth-order valence-corrected chi connectivity index (χ4v) is 1.32. The normalized spacial score (nSPS) is 8.86. The second-order valence-electron chi connectivity index (χ2n) is 2.92. The zero-order valence-corrected chi connectivity index (χ0v) is 8.16. The molecule has 0 atom stereocenters. The third-order valence-corrected chi connectivity index (χ3v) is 2.06. The van der Waals surface area contributed by atoms with Gasteiger partial charge in [0.05, 0.1) is 31.2 Å². The Hall–Kier alpha value is -2.00. The van der Waals surface area contributed by atoms with Gasteiger partial charge in [0.25, 0.3) is 0 Å². The van der Waals surface area contributed by atoms with Gasteiger partial charge in [0.2, 0.25) is 0 Å². The molecular formula is C11H10N2O. The van der Waals surface area contributed by atoms with Gasteiger partial charge in [0.1, 0.15) is 5.75 Å². The van der Waals surface area contributed by atoms with Crippen molar-refractivity contribution in [2.24, 2.45) is 0 Å². The number of hydrogen-bond acceptors (Lipinski definition) is 3. The first-order valence-electron chi connectivity index (χ1n) is 4.17. The average Bonchev–Trinajstić information content (AvgIpc) is 2.20. The van der Waals surface area contributed by atoms with Crippen LogP contribution in [0, 0.1) is 29.6 Å². The molecule has 3 heteroatoms. The van der Waals surface area contributed by atoms with Crippen LogP contribution in [0.15, 0.2) is 12.1 Å². The van der Waals surface area contributed by atoms with Crippen molar-refractivity contribution in [1.82, 2.24) is 0 Å². The monoisotopic (exact) mass is 186 g/mol. The van der Waals surface area contributed by atoms with Crippen molar-refractivity contribution in [3.05, 3.63) is 28.8 Å². The Bertz CT molecular complexity index is 424. The standard InChI is InChI=1S/C11H10N2O/c1-8-5-10(14-2)6-9(7-13)11(8)3-4-12/h5-6H,3H2,1-2H3. The topological polar surface area (TPSA) is 56.8 Å². The van der Waals surface area contributed by atoms with Gasteiger partial charge in [-0.05, 0) is 30.2 Å². The second kappa shape index (κ2) is 4.30. The predicted molar refractivity (Wildman–Crippen MR) is 51.8 cm³/mol. The molecule has 70 valence electrons. The Morgan fingerprint density at radius 3 is 2.57 bits per heavy atom. The molecule has 0 spiro atoms. The van der Waals surface area contributed by atoms with Crippen molar-refractivity contribution < 1.29 is 4.74 Å². The van der Waals surface area contributed by atoms with Crippen LogP contribution in [0.2, 0.25) is 0 Å². The zero-order chi connectivity index (χ0) is 10.6. The highest BCUT2D eigenvalue weighted by Gasteiger charge is 2.07. The Kier molecular flexibility index (Phi) is 3.09. The maximum Gasteiger partial charge on any atom is 0.120 e. The number of benzene rings is 1. The smallest absolute Gasteiger partial charge is 0.120 e. The maximum atomic E-state index is 8.87. The summed E-state index contributed by atoms with van der Waals surface area (Å²) in [5, 5.41) is 17.5. The predicted octanol–water partition coefficient (Wildman–Crippen LogP) is 1.94. The molecule has 0 bridgehead atoms. The molecule has 0 saturated carbocycles. The average molecular weight is 186 g/mol. The van der Waals surface area contributed by atoms with E-state index in [0.717, 1.165) is 11.1 Å². The lowest BCUT2D eigenvalue weighted by Gasteiger charge is -2.07. The summed E-state index contributed by atoms with van der Waals surface area (Å²) in [6, 6.07) is 7.59. The van der Waals surface area contributed by atoms with Gasteiger partial charge in [0, 0.05) is 0 Å². The Balaban J connectivity index is 3.30. The molecule has 0 saturated heterocycles. The van der Waals surface area contributed by atoms with E-state index in [1.165, 1.54) is 0 Å². The van der Waals surface area contributed by atoms with E-state index in [1.54, 1.807) is 13.2 Å². The quantitative estimate of drug-likeness (QED) is 0.709. The van der Waals surface area contributed by atoms with Crippen LogP contribution in [-0.4, -0.2) is 7.11 Å². The highest BCUT2D eigenvalue weighted by atomic mass is 16.5. The van der Waals surface area contributed by atoms with Gasteiger partial charge >= 0.3 is 0 Å². The molecule has 0 heterocycles. The van der Waals surface area contributed by atoms with Crippen LogP contribution < -0.4 is 4.74 Å². The number of nitrogens with zero attached hydrogens (tertiary/aromatic N) is 2. The minimum atomic E-state index is 0.263. The van der Waals surface area contributed by atoms with E-state index < -0.39 is 0 Å². The van der Waals surface area contributed by atoms with Gasteiger partial charge in [-0.25, -0.2) is 0 Å². The molecule has 0 fully saturated rings. The van der Waals surface area contributed by atoms with E-state index in [4.69, 9.17) is 15.3 Å².